The zero-order valence-electron chi connectivity index (χ0n) is 9.80. The summed E-state index contributed by atoms with van der Waals surface area (Å²) >= 11 is 0. The van der Waals surface area contributed by atoms with Crippen LogP contribution in [0.25, 0.3) is 0 Å². The Morgan fingerprint density at radius 3 is 2.31 bits per heavy atom. The lowest BCUT2D eigenvalue weighted by molar-refractivity contribution is 0.00944. The molecule has 0 heterocycles. The molecule has 16 heavy (non-hydrogen) atoms. The molecule has 0 bridgehead atoms. The van der Waals surface area contributed by atoms with Crippen LogP contribution in [-0.4, -0.2) is 27.5 Å². The molecule has 3 nitrogen and oxygen atoms in total. The fourth-order valence-electron chi connectivity index (χ4n) is 1.82. The van der Waals surface area contributed by atoms with Crippen LogP contribution in [0, 0.1) is 0 Å². The number of phenols is 1. The van der Waals surface area contributed by atoms with E-state index in [4.69, 9.17) is 0 Å². The zero-order chi connectivity index (χ0) is 12.1. The molecule has 0 spiro atoms. The maximum atomic E-state index is 9.71. The van der Waals surface area contributed by atoms with Crippen LogP contribution < -0.4 is 0 Å². The number of aliphatic hydroxyl groups is 2. The minimum absolute atomic E-state index is 0.0254. The third kappa shape index (κ3) is 3.22. The summed E-state index contributed by atoms with van der Waals surface area (Å²) in [4.78, 5) is 0. The van der Waals surface area contributed by atoms with E-state index in [1.165, 1.54) is 0 Å². The molecule has 0 radical (unpaired) electrons. The highest BCUT2D eigenvalue weighted by atomic mass is 16.3. The summed E-state index contributed by atoms with van der Waals surface area (Å²) in [6.45, 7) is 3.76. The molecule has 3 N–H and O–H groups in total. The summed E-state index contributed by atoms with van der Waals surface area (Å²) < 4.78 is 0. The molecule has 3 unspecified atom stereocenters. The molecule has 1 rings (SSSR count). The van der Waals surface area contributed by atoms with Gasteiger partial charge in [0.05, 0.1) is 12.2 Å². The minimum atomic E-state index is -0.736. The van der Waals surface area contributed by atoms with Crippen LogP contribution in [0.15, 0.2) is 24.3 Å². The molecular weight excluding hydrogens is 204 g/mol. The molecule has 1 aromatic rings. The molecule has 3 atom stereocenters. The van der Waals surface area contributed by atoms with Crippen molar-refractivity contribution in [2.75, 3.05) is 0 Å². The van der Waals surface area contributed by atoms with Gasteiger partial charge in [-0.15, -0.1) is 0 Å². The topological polar surface area (TPSA) is 60.7 Å². The van der Waals surface area contributed by atoms with Gasteiger partial charge in [0, 0.05) is 0 Å². The molecule has 0 aliphatic rings. The van der Waals surface area contributed by atoms with Crippen LogP contribution in [0.5, 0.6) is 5.75 Å². The van der Waals surface area contributed by atoms with Gasteiger partial charge in [0.15, 0.2) is 0 Å². The Bertz CT molecular complexity index is 325. The lowest BCUT2D eigenvalue weighted by Gasteiger charge is -2.21. The van der Waals surface area contributed by atoms with Gasteiger partial charge in [0.1, 0.15) is 5.75 Å². The first kappa shape index (κ1) is 13.0. The molecule has 0 aliphatic heterocycles. The third-order valence-electron chi connectivity index (χ3n) is 2.93. The van der Waals surface area contributed by atoms with E-state index < -0.39 is 12.2 Å². The van der Waals surface area contributed by atoms with E-state index in [0.29, 0.717) is 12.8 Å². The Labute approximate surface area is 96.4 Å². The highest BCUT2D eigenvalue weighted by molar-refractivity contribution is 5.34. The van der Waals surface area contributed by atoms with E-state index in [1.54, 1.807) is 12.1 Å². The number of phenolic OH excluding ortho intramolecular Hbond substituents is 1. The highest BCUT2D eigenvalue weighted by Gasteiger charge is 2.19. The summed E-state index contributed by atoms with van der Waals surface area (Å²) in [6.07, 6.45) is -0.436. The van der Waals surface area contributed by atoms with Gasteiger partial charge in [-0.2, -0.15) is 0 Å². The lowest BCUT2D eigenvalue weighted by atomic mass is 9.92. The van der Waals surface area contributed by atoms with Crippen LogP contribution in [0.2, 0.25) is 0 Å². The van der Waals surface area contributed by atoms with E-state index in [1.807, 2.05) is 26.0 Å². The number of hydrogen-bond acceptors (Lipinski definition) is 3. The number of para-hydroxylation sites is 1. The first-order valence-electron chi connectivity index (χ1n) is 5.70. The molecule has 0 fully saturated rings. The SMILES string of the molecule is CCC(O)C(O)CC(C)c1ccccc1O. The highest BCUT2D eigenvalue weighted by Crippen LogP contribution is 2.29. The predicted octanol–water partition coefficient (Wildman–Crippen LogP) is 2.02. The number of benzene rings is 1. The molecule has 0 saturated heterocycles. The van der Waals surface area contributed by atoms with Gasteiger partial charge >= 0.3 is 0 Å². The predicted molar refractivity (Wildman–Crippen MR) is 63.4 cm³/mol. The van der Waals surface area contributed by atoms with Crippen molar-refractivity contribution in [3.05, 3.63) is 29.8 Å². The Kier molecular flexibility index (Phi) is 4.77. The quantitative estimate of drug-likeness (QED) is 0.717. The van der Waals surface area contributed by atoms with Crippen molar-refractivity contribution in [2.45, 2.75) is 44.8 Å². The minimum Gasteiger partial charge on any atom is -0.508 e. The maximum absolute atomic E-state index is 9.71. The fraction of sp³-hybridized carbons (Fsp3) is 0.538. The van der Waals surface area contributed by atoms with Crippen molar-refractivity contribution in [3.8, 4) is 5.75 Å². The summed E-state index contributed by atoms with van der Waals surface area (Å²) in [5, 5.41) is 28.8. The van der Waals surface area contributed by atoms with E-state index in [0.717, 1.165) is 5.56 Å². The standard InChI is InChI=1S/C13H20O3/c1-3-11(14)13(16)8-9(2)10-6-4-5-7-12(10)15/h4-7,9,11,13-16H,3,8H2,1-2H3. The number of hydrogen-bond donors (Lipinski definition) is 3. The molecule has 90 valence electrons. The smallest absolute Gasteiger partial charge is 0.119 e. The molecule has 0 amide bonds. The van der Waals surface area contributed by atoms with Gasteiger partial charge in [0.2, 0.25) is 0 Å². The average Bonchev–Trinajstić information content (AvgIpc) is 2.28. The number of rotatable bonds is 5. The monoisotopic (exact) mass is 224 g/mol. The van der Waals surface area contributed by atoms with E-state index in [2.05, 4.69) is 0 Å². The van der Waals surface area contributed by atoms with Crippen molar-refractivity contribution in [2.24, 2.45) is 0 Å². The second-order valence-corrected chi connectivity index (χ2v) is 4.24. The van der Waals surface area contributed by atoms with Crippen LogP contribution >= 0.6 is 0 Å². The first-order valence-corrected chi connectivity index (χ1v) is 5.70. The number of aliphatic hydroxyl groups excluding tert-OH is 2. The Morgan fingerprint density at radius 2 is 1.75 bits per heavy atom. The molecule has 0 aromatic heterocycles. The van der Waals surface area contributed by atoms with E-state index in [-0.39, 0.29) is 11.7 Å². The normalized spacial score (nSPS) is 16.8. The summed E-state index contributed by atoms with van der Waals surface area (Å²) in [5.41, 5.74) is 0.810. The van der Waals surface area contributed by atoms with Crippen molar-refractivity contribution < 1.29 is 15.3 Å². The van der Waals surface area contributed by atoms with Gasteiger partial charge in [-0.05, 0) is 30.4 Å². The largest absolute Gasteiger partial charge is 0.508 e. The second-order valence-electron chi connectivity index (χ2n) is 4.24. The third-order valence-corrected chi connectivity index (χ3v) is 2.93. The molecule has 0 aliphatic carbocycles. The summed E-state index contributed by atoms with van der Waals surface area (Å²) in [5.74, 6) is 0.269. The Hall–Kier alpha value is -1.06. The lowest BCUT2D eigenvalue weighted by Crippen LogP contribution is -2.26. The van der Waals surface area contributed by atoms with Gasteiger partial charge < -0.3 is 15.3 Å². The molecule has 1 aromatic carbocycles. The van der Waals surface area contributed by atoms with Crippen molar-refractivity contribution in [1.82, 2.24) is 0 Å². The average molecular weight is 224 g/mol. The van der Waals surface area contributed by atoms with Crippen LogP contribution in [0.3, 0.4) is 0 Å². The number of aromatic hydroxyl groups is 1. The zero-order valence-corrected chi connectivity index (χ0v) is 9.80. The van der Waals surface area contributed by atoms with Crippen LogP contribution in [-0.2, 0) is 0 Å². The maximum Gasteiger partial charge on any atom is 0.119 e. The van der Waals surface area contributed by atoms with Gasteiger partial charge in [-0.1, -0.05) is 32.0 Å². The van der Waals surface area contributed by atoms with Crippen molar-refractivity contribution in [3.63, 3.8) is 0 Å². The fourth-order valence-corrected chi connectivity index (χ4v) is 1.82. The second kappa shape index (κ2) is 5.87. The van der Waals surface area contributed by atoms with E-state index in [9.17, 15) is 15.3 Å². The molecule has 0 saturated carbocycles. The Balaban J connectivity index is 2.65. The van der Waals surface area contributed by atoms with Gasteiger partial charge in [0.25, 0.3) is 0 Å². The van der Waals surface area contributed by atoms with Crippen molar-refractivity contribution in [1.29, 1.82) is 0 Å². The van der Waals surface area contributed by atoms with Gasteiger partial charge in [-0.25, -0.2) is 0 Å². The van der Waals surface area contributed by atoms with Crippen LogP contribution in [0.1, 0.15) is 38.2 Å². The van der Waals surface area contributed by atoms with E-state index >= 15 is 0 Å². The Morgan fingerprint density at radius 1 is 1.12 bits per heavy atom. The van der Waals surface area contributed by atoms with Crippen LogP contribution in [0.4, 0.5) is 0 Å². The summed E-state index contributed by atoms with van der Waals surface area (Å²) in [6, 6.07) is 7.09. The van der Waals surface area contributed by atoms with Gasteiger partial charge in [-0.3, -0.25) is 0 Å². The van der Waals surface area contributed by atoms with Crippen molar-refractivity contribution >= 4 is 0 Å². The molecular formula is C13H20O3. The first-order chi connectivity index (χ1) is 7.56. The summed E-state index contributed by atoms with van der Waals surface area (Å²) in [7, 11) is 0. The molecule has 3 heteroatoms.